The molecule has 0 saturated heterocycles. The number of para-hydroxylation sites is 1. The molecule has 0 spiro atoms. The van der Waals surface area contributed by atoms with Crippen LogP contribution >= 0.6 is 0 Å². The second kappa shape index (κ2) is 10.8. The Morgan fingerprint density at radius 1 is 1.00 bits per heavy atom. The van der Waals surface area contributed by atoms with Crippen LogP contribution in [0.4, 0.5) is 0 Å². The zero-order valence-electron chi connectivity index (χ0n) is 9.37. The SMILES string of the molecule is C.CC.COC.c1ccc2[nH]ccc2c1. The molecule has 0 saturated carbocycles. The van der Waals surface area contributed by atoms with Gasteiger partial charge in [-0.25, -0.2) is 0 Å². The summed E-state index contributed by atoms with van der Waals surface area (Å²) in [6.45, 7) is 4.00. The summed E-state index contributed by atoms with van der Waals surface area (Å²) in [7, 11) is 3.25. The molecule has 0 aliphatic carbocycles. The Kier molecular flexibility index (Phi) is 11.6. The molecule has 2 heteroatoms. The molecule has 0 amide bonds. The van der Waals surface area contributed by atoms with Gasteiger partial charge in [0.2, 0.25) is 0 Å². The molecule has 1 heterocycles. The third-order valence-electron chi connectivity index (χ3n) is 1.46. The predicted molar refractivity (Wildman–Crippen MR) is 69.3 cm³/mol. The summed E-state index contributed by atoms with van der Waals surface area (Å²) in [6, 6.07) is 10.3. The summed E-state index contributed by atoms with van der Waals surface area (Å²) >= 11 is 0. The van der Waals surface area contributed by atoms with Crippen molar-refractivity contribution in [1.82, 2.24) is 4.98 Å². The van der Waals surface area contributed by atoms with Gasteiger partial charge in [0.15, 0.2) is 0 Å². The first kappa shape index (κ1) is 16.2. The second-order valence-electron chi connectivity index (χ2n) is 2.47. The summed E-state index contributed by atoms with van der Waals surface area (Å²) < 4.78 is 4.25. The van der Waals surface area contributed by atoms with E-state index in [0.29, 0.717) is 0 Å². The summed E-state index contributed by atoms with van der Waals surface area (Å²) in [5.74, 6) is 0. The van der Waals surface area contributed by atoms with Crippen LogP contribution < -0.4 is 0 Å². The van der Waals surface area contributed by atoms with Gasteiger partial charge in [0.1, 0.15) is 0 Å². The summed E-state index contributed by atoms with van der Waals surface area (Å²) in [5, 5.41) is 1.28. The summed E-state index contributed by atoms with van der Waals surface area (Å²) in [6.07, 6.45) is 1.95. The zero-order valence-corrected chi connectivity index (χ0v) is 9.37. The zero-order chi connectivity index (χ0) is 10.8. The Morgan fingerprint density at radius 2 is 1.53 bits per heavy atom. The number of ether oxygens (including phenoxy) is 1. The Morgan fingerprint density at radius 3 is 2.07 bits per heavy atom. The van der Waals surface area contributed by atoms with Crippen LogP contribution in [0.15, 0.2) is 36.5 Å². The van der Waals surface area contributed by atoms with Gasteiger partial charge in [-0.05, 0) is 17.5 Å². The van der Waals surface area contributed by atoms with E-state index in [1.165, 1.54) is 10.9 Å². The van der Waals surface area contributed by atoms with Crippen molar-refractivity contribution in [2.24, 2.45) is 0 Å². The molecule has 0 fully saturated rings. The van der Waals surface area contributed by atoms with Gasteiger partial charge in [-0.15, -0.1) is 0 Å². The highest BCUT2D eigenvalue weighted by Gasteiger charge is 1.86. The third kappa shape index (κ3) is 5.92. The van der Waals surface area contributed by atoms with Crippen LogP contribution in [0.5, 0.6) is 0 Å². The quantitative estimate of drug-likeness (QED) is 0.694. The van der Waals surface area contributed by atoms with Gasteiger partial charge in [-0.1, -0.05) is 39.5 Å². The van der Waals surface area contributed by atoms with Crippen molar-refractivity contribution in [3.05, 3.63) is 36.5 Å². The lowest BCUT2D eigenvalue weighted by molar-refractivity contribution is 0.277. The maximum Gasteiger partial charge on any atom is 0.0453 e. The second-order valence-corrected chi connectivity index (χ2v) is 2.47. The van der Waals surface area contributed by atoms with Crippen molar-refractivity contribution in [2.75, 3.05) is 14.2 Å². The third-order valence-corrected chi connectivity index (χ3v) is 1.46. The molecule has 2 nitrogen and oxygen atoms in total. The monoisotopic (exact) mass is 209 g/mol. The Hall–Kier alpha value is -1.28. The van der Waals surface area contributed by atoms with Crippen molar-refractivity contribution in [2.45, 2.75) is 21.3 Å². The molecule has 0 bridgehead atoms. The van der Waals surface area contributed by atoms with E-state index < -0.39 is 0 Å². The Balaban J connectivity index is 0. The average molecular weight is 209 g/mol. The van der Waals surface area contributed by atoms with Crippen LogP contribution in [-0.4, -0.2) is 19.2 Å². The highest BCUT2D eigenvalue weighted by Crippen LogP contribution is 2.09. The van der Waals surface area contributed by atoms with Crippen LogP contribution in [0.1, 0.15) is 21.3 Å². The largest absolute Gasteiger partial charge is 0.388 e. The lowest BCUT2D eigenvalue weighted by Crippen LogP contribution is -1.61. The van der Waals surface area contributed by atoms with Crippen LogP contribution in [0, 0.1) is 0 Å². The Bertz CT molecular complexity index is 298. The maximum absolute atomic E-state index is 4.25. The number of nitrogens with one attached hydrogen (secondary N) is 1. The minimum atomic E-state index is 0. The van der Waals surface area contributed by atoms with E-state index >= 15 is 0 Å². The molecule has 86 valence electrons. The minimum Gasteiger partial charge on any atom is -0.388 e. The number of H-pyrrole nitrogens is 1. The number of hydrogen-bond donors (Lipinski definition) is 1. The number of benzene rings is 1. The van der Waals surface area contributed by atoms with E-state index in [-0.39, 0.29) is 7.43 Å². The lowest BCUT2D eigenvalue weighted by Gasteiger charge is -1.83. The van der Waals surface area contributed by atoms with Crippen LogP contribution in [0.25, 0.3) is 10.9 Å². The first-order valence-corrected chi connectivity index (χ1v) is 4.80. The molecule has 0 aliphatic rings. The van der Waals surface area contributed by atoms with E-state index in [9.17, 15) is 0 Å². The number of fused-ring (bicyclic) bond motifs is 1. The average Bonchev–Trinajstić information content (AvgIpc) is 2.69. The Labute approximate surface area is 93.3 Å². The number of hydrogen-bond acceptors (Lipinski definition) is 1. The van der Waals surface area contributed by atoms with Crippen LogP contribution in [0.2, 0.25) is 0 Å². The normalized spacial score (nSPS) is 7.73. The van der Waals surface area contributed by atoms with Gasteiger partial charge in [-0.3, -0.25) is 0 Å². The number of rotatable bonds is 0. The van der Waals surface area contributed by atoms with Crippen molar-refractivity contribution < 1.29 is 4.74 Å². The van der Waals surface area contributed by atoms with Crippen molar-refractivity contribution in [1.29, 1.82) is 0 Å². The molecule has 1 N–H and O–H groups in total. The molecule has 0 unspecified atom stereocenters. The van der Waals surface area contributed by atoms with Gasteiger partial charge in [-0.2, -0.15) is 0 Å². The molecule has 1 aromatic heterocycles. The first-order chi connectivity index (χ1) is 6.88. The highest BCUT2D eigenvalue weighted by molar-refractivity contribution is 5.78. The van der Waals surface area contributed by atoms with Crippen molar-refractivity contribution in [3.63, 3.8) is 0 Å². The fraction of sp³-hybridized carbons (Fsp3) is 0.385. The van der Waals surface area contributed by atoms with E-state index in [2.05, 4.69) is 27.9 Å². The van der Waals surface area contributed by atoms with E-state index in [4.69, 9.17) is 0 Å². The summed E-state index contributed by atoms with van der Waals surface area (Å²) in [4.78, 5) is 3.12. The van der Waals surface area contributed by atoms with E-state index in [1.54, 1.807) is 14.2 Å². The molecular weight excluding hydrogens is 186 g/mol. The maximum atomic E-state index is 4.25. The molecule has 0 aliphatic heterocycles. The number of methoxy groups -OCH3 is 1. The van der Waals surface area contributed by atoms with Crippen LogP contribution in [0.3, 0.4) is 0 Å². The first-order valence-electron chi connectivity index (χ1n) is 4.80. The van der Waals surface area contributed by atoms with E-state index in [0.717, 1.165) is 0 Å². The molecule has 0 radical (unpaired) electrons. The molecule has 2 rings (SSSR count). The van der Waals surface area contributed by atoms with Gasteiger partial charge in [0.05, 0.1) is 0 Å². The topological polar surface area (TPSA) is 25.0 Å². The molecule has 2 aromatic rings. The van der Waals surface area contributed by atoms with Gasteiger partial charge >= 0.3 is 0 Å². The summed E-state index contributed by atoms with van der Waals surface area (Å²) in [5.41, 5.74) is 1.21. The van der Waals surface area contributed by atoms with Gasteiger partial charge in [0.25, 0.3) is 0 Å². The smallest absolute Gasteiger partial charge is 0.0453 e. The minimum absolute atomic E-state index is 0. The van der Waals surface area contributed by atoms with Gasteiger partial charge in [0, 0.05) is 25.9 Å². The predicted octanol–water partition coefficient (Wildman–Crippen LogP) is 4.09. The lowest BCUT2D eigenvalue weighted by atomic mass is 10.3. The van der Waals surface area contributed by atoms with E-state index in [1.807, 2.05) is 32.2 Å². The molecule has 0 atom stereocenters. The fourth-order valence-electron chi connectivity index (χ4n) is 0.995. The number of aromatic amines is 1. The molecule has 15 heavy (non-hydrogen) atoms. The van der Waals surface area contributed by atoms with Gasteiger partial charge < -0.3 is 9.72 Å². The van der Waals surface area contributed by atoms with Crippen molar-refractivity contribution in [3.8, 4) is 0 Å². The van der Waals surface area contributed by atoms with Crippen LogP contribution in [-0.2, 0) is 4.74 Å². The fourth-order valence-corrected chi connectivity index (χ4v) is 0.995. The molecule has 1 aromatic carbocycles. The number of aromatic nitrogens is 1. The highest BCUT2D eigenvalue weighted by atomic mass is 16.4. The standard InChI is InChI=1S/C8H7N.C2H6O.C2H6.CH4/c1-2-4-8-7(3-1)5-6-9-8;1-3-2;1-2;/h1-6,9H;1-2H3;1-2H3;1H4. The van der Waals surface area contributed by atoms with Crippen molar-refractivity contribution >= 4 is 10.9 Å². The molecular formula is C13H23NO.